The third kappa shape index (κ3) is 2.78. The molecule has 2 N–H and O–H groups in total. The molecule has 1 aliphatic carbocycles. The first-order valence-electron chi connectivity index (χ1n) is 7.74. The highest BCUT2D eigenvalue weighted by molar-refractivity contribution is 5.63. The van der Waals surface area contributed by atoms with Crippen LogP contribution < -0.4 is 5.73 Å². The van der Waals surface area contributed by atoms with E-state index in [1.807, 2.05) is 0 Å². The number of benzene rings is 2. The summed E-state index contributed by atoms with van der Waals surface area (Å²) < 4.78 is 0. The van der Waals surface area contributed by atoms with Gasteiger partial charge in [-0.05, 0) is 47.9 Å². The zero-order valence-corrected chi connectivity index (χ0v) is 12.0. The predicted octanol–water partition coefficient (Wildman–Crippen LogP) is 4.59. The van der Waals surface area contributed by atoms with Crippen LogP contribution in [0.15, 0.2) is 54.6 Å². The minimum Gasteiger partial charge on any atom is -0.330 e. The van der Waals surface area contributed by atoms with Gasteiger partial charge in [0.2, 0.25) is 0 Å². The molecule has 2 atom stereocenters. The Morgan fingerprint density at radius 1 is 0.800 bits per heavy atom. The second-order valence-corrected chi connectivity index (χ2v) is 5.87. The maximum Gasteiger partial charge on any atom is -0.00430 e. The molecule has 0 amide bonds. The molecule has 1 heteroatoms. The van der Waals surface area contributed by atoms with Crippen molar-refractivity contribution in [3.05, 3.63) is 60.2 Å². The highest BCUT2D eigenvalue weighted by Gasteiger charge is 2.25. The molecule has 0 bridgehead atoms. The molecule has 2 unspecified atom stereocenters. The first-order valence-corrected chi connectivity index (χ1v) is 7.74. The largest absolute Gasteiger partial charge is 0.330 e. The fourth-order valence-electron chi connectivity index (χ4n) is 3.48. The fraction of sp³-hybridized carbons (Fsp3) is 0.368. The Hall–Kier alpha value is -1.60. The summed E-state index contributed by atoms with van der Waals surface area (Å²) in [5.74, 6) is 1.34. The number of hydrogen-bond donors (Lipinski definition) is 1. The smallest absolute Gasteiger partial charge is 0.00430 e. The second-order valence-electron chi connectivity index (χ2n) is 5.87. The summed E-state index contributed by atoms with van der Waals surface area (Å²) in [5, 5.41) is 0. The standard InChI is InChI=1S/C19H23N/c20-14-18-8-4-5-9-19(18)17-12-10-16(11-13-17)15-6-2-1-3-7-15/h1-3,6-7,10-13,18-19H,4-5,8-9,14,20H2. The van der Waals surface area contributed by atoms with Crippen molar-refractivity contribution in [3.63, 3.8) is 0 Å². The van der Waals surface area contributed by atoms with Crippen molar-refractivity contribution in [3.8, 4) is 11.1 Å². The van der Waals surface area contributed by atoms with E-state index in [1.54, 1.807) is 0 Å². The van der Waals surface area contributed by atoms with Gasteiger partial charge in [0.1, 0.15) is 0 Å². The Morgan fingerprint density at radius 3 is 2.15 bits per heavy atom. The highest BCUT2D eigenvalue weighted by Crippen LogP contribution is 2.37. The fourth-order valence-corrected chi connectivity index (χ4v) is 3.48. The average molecular weight is 265 g/mol. The summed E-state index contributed by atoms with van der Waals surface area (Å²) in [6.07, 6.45) is 5.29. The third-order valence-electron chi connectivity index (χ3n) is 4.66. The highest BCUT2D eigenvalue weighted by atomic mass is 14.6. The summed E-state index contributed by atoms with van der Waals surface area (Å²) in [6, 6.07) is 19.7. The predicted molar refractivity (Wildman–Crippen MR) is 85.6 cm³/mol. The molecule has 0 spiro atoms. The lowest BCUT2D eigenvalue weighted by Crippen LogP contribution is -2.25. The van der Waals surface area contributed by atoms with E-state index >= 15 is 0 Å². The van der Waals surface area contributed by atoms with Gasteiger partial charge in [-0.25, -0.2) is 0 Å². The van der Waals surface area contributed by atoms with Crippen molar-refractivity contribution in [2.45, 2.75) is 31.6 Å². The van der Waals surface area contributed by atoms with Gasteiger partial charge in [-0.3, -0.25) is 0 Å². The van der Waals surface area contributed by atoms with E-state index in [2.05, 4.69) is 54.6 Å². The normalized spacial score (nSPS) is 22.6. The molecular formula is C19H23N. The summed E-state index contributed by atoms with van der Waals surface area (Å²) >= 11 is 0. The summed E-state index contributed by atoms with van der Waals surface area (Å²) in [6.45, 7) is 0.825. The van der Waals surface area contributed by atoms with Crippen LogP contribution in [0.25, 0.3) is 11.1 Å². The molecular weight excluding hydrogens is 242 g/mol. The molecule has 104 valence electrons. The van der Waals surface area contributed by atoms with E-state index in [9.17, 15) is 0 Å². The van der Waals surface area contributed by atoms with E-state index < -0.39 is 0 Å². The molecule has 0 aromatic heterocycles. The van der Waals surface area contributed by atoms with Crippen LogP contribution in [0.2, 0.25) is 0 Å². The molecule has 1 fully saturated rings. The molecule has 20 heavy (non-hydrogen) atoms. The Kier molecular flexibility index (Phi) is 4.17. The molecule has 2 aromatic carbocycles. The quantitative estimate of drug-likeness (QED) is 0.863. The van der Waals surface area contributed by atoms with Crippen LogP contribution in [0.1, 0.15) is 37.2 Å². The third-order valence-corrected chi connectivity index (χ3v) is 4.66. The van der Waals surface area contributed by atoms with Crippen molar-refractivity contribution in [1.29, 1.82) is 0 Å². The summed E-state index contributed by atoms with van der Waals surface area (Å²) in [5.41, 5.74) is 10.0. The Bertz CT molecular complexity index is 529. The van der Waals surface area contributed by atoms with Gasteiger partial charge < -0.3 is 5.73 Å². The van der Waals surface area contributed by atoms with Gasteiger partial charge >= 0.3 is 0 Å². The Morgan fingerprint density at radius 2 is 1.45 bits per heavy atom. The van der Waals surface area contributed by atoms with Crippen LogP contribution in [0.5, 0.6) is 0 Å². The van der Waals surface area contributed by atoms with Crippen molar-refractivity contribution in [1.82, 2.24) is 0 Å². The van der Waals surface area contributed by atoms with Crippen LogP contribution in [0.4, 0.5) is 0 Å². The lowest BCUT2D eigenvalue weighted by atomic mass is 9.75. The van der Waals surface area contributed by atoms with Gasteiger partial charge in [-0.1, -0.05) is 67.4 Å². The van der Waals surface area contributed by atoms with Crippen LogP contribution in [0, 0.1) is 5.92 Å². The number of nitrogens with two attached hydrogens (primary N) is 1. The molecule has 0 aliphatic heterocycles. The van der Waals surface area contributed by atoms with Crippen LogP contribution in [-0.4, -0.2) is 6.54 Å². The average Bonchev–Trinajstić information content (AvgIpc) is 2.56. The van der Waals surface area contributed by atoms with Gasteiger partial charge in [-0.15, -0.1) is 0 Å². The van der Waals surface area contributed by atoms with Crippen molar-refractivity contribution >= 4 is 0 Å². The molecule has 1 nitrogen and oxygen atoms in total. The monoisotopic (exact) mass is 265 g/mol. The molecule has 1 saturated carbocycles. The first kappa shape index (κ1) is 13.4. The Labute approximate surface area is 121 Å². The zero-order valence-electron chi connectivity index (χ0n) is 12.0. The van der Waals surface area contributed by atoms with Crippen molar-refractivity contribution < 1.29 is 0 Å². The van der Waals surface area contributed by atoms with E-state index in [-0.39, 0.29) is 0 Å². The van der Waals surface area contributed by atoms with E-state index in [1.165, 1.54) is 42.4 Å². The van der Waals surface area contributed by atoms with Gasteiger partial charge in [0, 0.05) is 0 Å². The lowest BCUT2D eigenvalue weighted by Gasteiger charge is -2.31. The molecule has 0 heterocycles. The maximum atomic E-state index is 5.95. The van der Waals surface area contributed by atoms with E-state index in [4.69, 9.17) is 5.73 Å². The minimum absolute atomic E-state index is 0.665. The zero-order chi connectivity index (χ0) is 13.8. The van der Waals surface area contributed by atoms with Crippen molar-refractivity contribution in [2.75, 3.05) is 6.54 Å². The molecule has 3 rings (SSSR count). The van der Waals surface area contributed by atoms with Crippen LogP contribution in [0.3, 0.4) is 0 Å². The second kappa shape index (κ2) is 6.23. The maximum absolute atomic E-state index is 5.95. The van der Waals surface area contributed by atoms with Gasteiger partial charge in [0.25, 0.3) is 0 Å². The molecule has 2 aromatic rings. The Balaban J connectivity index is 1.82. The van der Waals surface area contributed by atoms with Gasteiger partial charge in [0.05, 0.1) is 0 Å². The van der Waals surface area contributed by atoms with E-state index in [0.29, 0.717) is 11.8 Å². The number of hydrogen-bond acceptors (Lipinski definition) is 1. The van der Waals surface area contributed by atoms with Gasteiger partial charge in [-0.2, -0.15) is 0 Å². The SMILES string of the molecule is NCC1CCCCC1c1ccc(-c2ccccc2)cc1. The summed E-state index contributed by atoms with van der Waals surface area (Å²) in [7, 11) is 0. The molecule has 1 aliphatic rings. The lowest BCUT2D eigenvalue weighted by molar-refractivity contribution is 0.314. The molecule has 0 saturated heterocycles. The molecule has 0 radical (unpaired) electrons. The summed E-state index contributed by atoms with van der Waals surface area (Å²) in [4.78, 5) is 0. The van der Waals surface area contributed by atoms with E-state index in [0.717, 1.165) is 6.54 Å². The topological polar surface area (TPSA) is 26.0 Å². The first-order chi connectivity index (χ1) is 9.88. The minimum atomic E-state index is 0.665. The number of rotatable bonds is 3. The van der Waals surface area contributed by atoms with Crippen molar-refractivity contribution in [2.24, 2.45) is 11.7 Å². The van der Waals surface area contributed by atoms with Crippen LogP contribution >= 0.6 is 0 Å². The van der Waals surface area contributed by atoms with Gasteiger partial charge in [0.15, 0.2) is 0 Å². The van der Waals surface area contributed by atoms with Crippen LogP contribution in [-0.2, 0) is 0 Å².